The third-order valence-corrected chi connectivity index (χ3v) is 4.71. The van der Waals surface area contributed by atoms with Crippen LogP contribution in [0.4, 0.5) is 5.69 Å². The predicted octanol–water partition coefficient (Wildman–Crippen LogP) is 2.83. The second-order valence-corrected chi connectivity index (χ2v) is 6.44. The van der Waals surface area contributed by atoms with Crippen LogP contribution in [0.5, 0.6) is 0 Å². The third-order valence-electron chi connectivity index (χ3n) is 4.71. The summed E-state index contributed by atoms with van der Waals surface area (Å²) in [5.74, 6) is 0.375. The Morgan fingerprint density at radius 1 is 1.16 bits per heavy atom. The van der Waals surface area contributed by atoms with Crippen molar-refractivity contribution in [3.05, 3.63) is 69.9 Å². The number of anilines is 1. The monoisotopic (exact) mass is 333 g/mol. The third kappa shape index (κ3) is 2.93. The summed E-state index contributed by atoms with van der Waals surface area (Å²) in [5, 5.41) is 5.06. The molecule has 1 aliphatic carbocycles. The minimum Gasteiger partial charge on any atom is -0.325 e. The molecule has 0 spiro atoms. The molecular weight excluding hydrogens is 314 g/mol. The maximum Gasteiger partial charge on any atom is 0.257 e. The van der Waals surface area contributed by atoms with Gasteiger partial charge < -0.3 is 5.32 Å². The molecule has 0 bridgehead atoms. The van der Waals surface area contributed by atoms with Crippen molar-refractivity contribution in [2.75, 3.05) is 5.32 Å². The van der Waals surface area contributed by atoms with E-state index in [-0.39, 0.29) is 18.0 Å². The first-order valence-corrected chi connectivity index (χ1v) is 8.49. The molecule has 0 unspecified atom stereocenters. The fraction of sp³-hybridized carbons (Fsp3) is 0.250. The van der Waals surface area contributed by atoms with E-state index in [0.29, 0.717) is 5.82 Å². The molecule has 0 saturated heterocycles. The van der Waals surface area contributed by atoms with E-state index in [4.69, 9.17) is 0 Å². The van der Waals surface area contributed by atoms with Crippen LogP contribution in [-0.2, 0) is 24.2 Å². The lowest BCUT2D eigenvalue weighted by Gasteiger charge is -2.12. The second kappa shape index (κ2) is 6.16. The van der Waals surface area contributed by atoms with Crippen molar-refractivity contribution in [3.8, 4) is 0 Å². The van der Waals surface area contributed by atoms with Crippen molar-refractivity contribution in [3.63, 3.8) is 0 Å². The van der Waals surface area contributed by atoms with Crippen LogP contribution < -0.4 is 10.9 Å². The van der Waals surface area contributed by atoms with Gasteiger partial charge >= 0.3 is 0 Å². The highest BCUT2D eigenvalue weighted by Crippen LogP contribution is 2.19. The van der Waals surface area contributed by atoms with Crippen LogP contribution in [0.1, 0.15) is 23.5 Å². The largest absolute Gasteiger partial charge is 0.325 e. The molecule has 2 aromatic carbocycles. The maximum absolute atomic E-state index is 12.6. The summed E-state index contributed by atoms with van der Waals surface area (Å²) in [7, 11) is 0. The number of nitrogens with zero attached hydrogens (tertiary/aromatic N) is 2. The number of fused-ring (bicyclic) bond motifs is 2. The predicted molar refractivity (Wildman–Crippen MR) is 97.8 cm³/mol. The lowest BCUT2D eigenvalue weighted by Crippen LogP contribution is -2.32. The molecule has 1 heterocycles. The van der Waals surface area contributed by atoms with E-state index in [2.05, 4.69) is 10.3 Å². The van der Waals surface area contributed by atoms with Crippen LogP contribution in [0, 0.1) is 6.92 Å². The minimum absolute atomic E-state index is 0.0161. The Labute approximate surface area is 145 Å². The summed E-state index contributed by atoms with van der Waals surface area (Å²) in [5.41, 5.74) is 2.31. The Morgan fingerprint density at radius 3 is 2.80 bits per heavy atom. The zero-order chi connectivity index (χ0) is 17.4. The van der Waals surface area contributed by atoms with Gasteiger partial charge in [-0.3, -0.25) is 14.2 Å². The molecule has 1 aliphatic rings. The van der Waals surface area contributed by atoms with Crippen molar-refractivity contribution in [2.24, 2.45) is 0 Å². The molecule has 25 heavy (non-hydrogen) atoms. The van der Waals surface area contributed by atoms with Gasteiger partial charge in [-0.25, -0.2) is 4.98 Å². The van der Waals surface area contributed by atoms with Gasteiger partial charge in [0.05, 0.1) is 5.69 Å². The summed E-state index contributed by atoms with van der Waals surface area (Å²) >= 11 is 0. The Hall–Kier alpha value is -2.95. The summed E-state index contributed by atoms with van der Waals surface area (Å²) in [4.78, 5) is 29.5. The molecule has 0 atom stereocenters. The highest BCUT2D eigenvalue weighted by atomic mass is 16.2. The quantitative estimate of drug-likeness (QED) is 0.801. The fourth-order valence-electron chi connectivity index (χ4n) is 3.44. The number of aryl methyl sites for hydroxylation is 2. The first kappa shape index (κ1) is 15.6. The van der Waals surface area contributed by atoms with Crippen LogP contribution in [0.15, 0.2) is 47.3 Å². The van der Waals surface area contributed by atoms with Crippen LogP contribution in [-0.4, -0.2) is 15.5 Å². The zero-order valence-corrected chi connectivity index (χ0v) is 14.1. The van der Waals surface area contributed by atoms with Crippen molar-refractivity contribution in [1.82, 2.24) is 9.55 Å². The smallest absolute Gasteiger partial charge is 0.257 e. The normalized spacial score (nSPS) is 13.0. The zero-order valence-electron chi connectivity index (χ0n) is 14.1. The van der Waals surface area contributed by atoms with Crippen molar-refractivity contribution >= 4 is 22.4 Å². The van der Waals surface area contributed by atoms with Crippen molar-refractivity contribution in [2.45, 2.75) is 32.7 Å². The molecule has 3 aromatic rings. The van der Waals surface area contributed by atoms with Gasteiger partial charge in [0.25, 0.3) is 5.56 Å². The Morgan fingerprint density at radius 2 is 1.96 bits per heavy atom. The van der Waals surface area contributed by atoms with E-state index in [0.717, 1.165) is 47.0 Å². The van der Waals surface area contributed by atoms with Gasteiger partial charge in [0.2, 0.25) is 5.91 Å². The van der Waals surface area contributed by atoms with Gasteiger partial charge in [0.1, 0.15) is 12.4 Å². The van der Waals surface area contributed by atoms with E-state index < -0.39 is 0 Å². The van der Waals surface area contributed by atoms with Crippen LogP contribution >= 0.6 is 0 Å². The molecule has 0 fully saturated rings. The van der Waals surface area contributed by atoms with Crippen molar-refractivity contribution in [1.29, 1.82) is 0 Å². The van der Waals surface area contributed by atoms with E-state index in [1.807, 2.05) is 42.5 Å². The van der Waals surface area contributed by atoms with E-state index in [1.165, 1.54) is 4.57 Å². The number of nitrogens with one attached hydrogen (secondary N) is 1. The Kier molecular flexibility index (Phi) is 3.84. The molecule has 126 valence electrons. The average molecular weight is 333 g/mol. The highest BCUT2D eigenvalue weighted by molar-refractivity contribution is 5.94. The molecular formula is C20H19N3O2. The van der Waals surface area contributed by atoms with E-state index in [1.54, 1.807) is 6.92 Å². The molecule has 4 rings (SSSR count). The van der Waals surface area contributed by atoms with Crippen LogP contribution in [0.3, 0.4) is 0 Å². The van der Waals surface area contributed by atoms with Gasteiger partial charge in [-0.05, 0) is 49.1 Å². The average Bonchev–Trinajstić information content (AvgIpc) is 3.07. The standard InChI is InChI=1S/C20H19N3O2/c1-13-21-18-8-4-7-17(18)20(25)23(13)12-19(24)22-16-10-9-14-5-2-3-6-15(14)11-16/h2-3,5-6,9-11H,4,7-8,12H2,1H3,(H,22,24). The van der Waals surface area contributed by atoms with E-state index in [9.17, 15) is 9.59 Å². The topological polar surface area (TPSA) is 64.0 Å². The molecule has 1 aromatic heterocycles. The SMILES string of the molecule is Cc1nc2c(c(=O)n1CC(=O)Nc1ccc3ccccc3c1)CCC2. The van der Waals surface area contributed by atoms with Gasteiger partial charge in [0, 0.05) is 11.3 Å². The van der Waals surface area contributed by atoms with Crippen LogP contribution in [0.25, 0.3) is 10.8 Å². The number of amides is 1. The minimum atomic E-state index is -0.222. The molecule has 0 radical (unpaired) electrons. The molecule has 0 aliphatic heterocycles. The lowest BCUT2D eigenvalue weighted by atomic mass is 10.1. The Bertz CT molecular complexity index is 1040. The summed E-state index contributed by atoms with van der Waals surface area (Å²) in [6.07, 6.45) is 2.58. The lowest BCUT2D eigenvalue weighted by molar-refractivity contribution is -0.116. The molecule has 1 N–H and O–H groups in total. The highest BCUT2D eigenvalue weighted by Gasteiger charge is 2.20. The van der Waals surface area contributed by atoms with Crippen LogP contribution in [0.2, 0.25) is 0 Å². The molecule has 5 heteroatoms. The number of carbonyl (C=O) groups is 1. The number of hydrogen-bond acceptors (Lipinski definition) is 3. The van der Waals surface area contributed by atoms with Gasteiger partial charge in [-0.2, -0.15) is 0 Å². The van der Waals surface area contributed by atoms with Gasteiger partial charge in [-0.1, -0.05) is 30.3 Å². The first-order chi connectivity index (χ1) is 12.1. The molecule has 0 saturated carbocycles. The van der Waals surface area contributed by atoms with E-state index >= 15 is 0 Å². The number of rotatable bonds is 3. The van der Waals surface area contributed by atoms with Gasteiger partial charge in [0.15, 0.2) is 0 Å². The number of hydrogen-bond donors (Lipinski definition) is 1. The summed E-state index contributed by atoms with van der Waals surface area (Å²) < 4.78 is 1.47. The summed E-state index contributed by atoms with van der Waals surface area (Å²) in [6.45, 7) is 1.76. The number of aromatic nitrogens is 2. The number of carbonyl (C=O) groups excluding carboxylic acids is 1. The summed E-state index contributed by atoms with van der Waals surface area (Å²) in [6, 6.07) is 13.8. The first-order valence-electron chi connectivity index (χ1n) is 8.49. The molecule has 1 amide bonds. The maximum atomic E-state index is 12.6. The van der Waals surface area contributed by atoms with Gasteiger partial charge in [-0.15, -0.1) is 0 Å². The van der Waals surface area contributed by atoms with Crippen molar-refractivity contribution < 1.29 is 4.79 Å². The Balaban J connectivity index is 1.57. The number of benzene rings is 2. The molecule has 5 nitrogen and oxygen atoms in total. The fourth-order valence-corrected chi connectivity index (χ4v) is 3.44. The second-order valence-electron chi connectivity index (χ2n) is 6.44.